The van der Waals surface area contributed by atoms with Gasteiger partial charge in [-0.05, 0) is 32.1 Å². The smallest absolute Gasteiger partial charge is 0.0821 e. The van der Waals surface area contributed by atoms with Crippen LogP contribution in [0.4, 0.5) is 0 Å². The molecule has 1 fully saturated rings. The molecule has 102 valence electrons. The third-order valence-electron chi connectivity index (χ3n) is 4.19. The lowest BCUT2D eigenvalue weighted by molar-refractivity contribution is 0.266. The van der Waals surface area contributed by atoms with Gasteiger partial charge in [0.15, 0.2) is 0 Å². The summed E-state index contributed by atoms with van der Waals surface area (Å²) < 4.78 is 2.02. The molecule has 0 bridgehead atoms. The van der Waals surface area contributed by atoms with Gasteiger partial charge in [0.25, 0.3) is 0 Å². The molecule has 3 atom stereocenters. The van der Waals surface area contributed by atoms with E-state index >= 15 is 0 Å². The Bertz CT molecular complexity index is 388. The Morgan fingerprint density at radius 2 is 2.22 bits per heavy atom. The molecular weight excluding hydrogens is 246 g/mol. The van der Waals surface area contributed by atoms with Crippen molar-refractivity contribution in [3.05, 3.63) is 16.9 Å². The molecule has 1 aromatic heterocycles. The van der Waals surface area contributed by atoms with Crippen molar-refractivity contribution >= 4 is 11.6 Å². The summed E-state index contributed by atoms with van der Waals surface area (Å²) in [6.45, 7) is 5.22. The topological polar surface area (TPSA) is 43.8 Å². The first kappa shape index (κ1) is 13.9. The van der Waals surface area contributed by atoms with Gasteiger partial charge in [-0.15, -0.1) is 0 Å². The molecule has 0 aromatic carbocycles. The minimum absolute atomic E-state index is 0.234. The van der Waals surface area contributed by atoms with Gasteiger partial charge in [-0.2, -0.15) is 5.10 Å². The molecule has 1 aliphatic carbocycles. The summed E-state index contributed by atoms with van der Waals surface area (Å²) in [7, 11) is 0. The summed E-state index contributed by atoms with van der Waals surface area (Å²) in [6.07, 6.45) is 7.87. The van der Waals surface area contributed by atoms with Gasteiger partial charge in [-0.3, -0.25) is 4.68 Å². The standard InChI is InChI=1S/C14H24ClN3/c1-3-5-10-6-7-13(16)11(8-10)14-12(15)9-17-18(14)4-2/h9-11,13H,3-8,16H2,1-2H3. The second-order valence-electron chi connectivity index (χ2n) is 5.43. The number of rotatable bonds is 4. The Morgan fingerprint density at radius 3 is 2.89 bits per heavy atom. The quantitative estimate of drug-likeness (QED) is 0.908. The van der Waals surface area contributed by atoms with Crippen LogP contribution in [0.5, 0.6) is 0 Å². The van der Waals surface area contributed by atoms with Crippen molar-refractivity contribution < 1.29 is 0 Å². The fraction of sp³-hybridized carbons (Fsp3) is 0.786. The summed E-state index contributed by atoms with van der Waals surface area (Å²) in [5, 5.41) is 5.13. The normalized spacial score (nSPS) is 28.6. The molecule has 0 saturated heterocycles. The molecule has 2 N–H and O–H groups in total. The number of aromatic nitrogens is 2. The molecule has 3 nitrogen and oxygen atoms in total. The summed E-state index contributed by atoms with van der Waals surface area (Å²) in [5.41, 5.74) is 7.48. The minimum atomic E-state index is 0.234. The summed E-state index contributed by atoms with van der Waals surface area (Å²) >= 11 is 6.31. The van der Waals surface area contributed by atoms with E-state index < -0.39 is 0 Å². The van der Waals surface area contributed by atoms with Crippen molar-refractivity contribution in [2.75, 3.05) is 0 Å². The molecule has 1 heterocycles. The molecule has 0 aliphatic heterocycles. The van der Waals surface area contributed by atoms with Crippen LogP contribution in [0, 0.1) is 5.92 Å². The van der Waals surface area contributed by atoms with Crippen LogP contribution in [0.1, 0.15) is 57.6 Å². The lowest BCUT2D eigenvalue weighted by Gasteiger charge is -2.34. The highest BCUT2D eigenvalue weighted by molar-refractivity contribution is 6.31. The van der Waals surface area contributed by atoms with E-state index in [4.69, 9.17) is 17.3 Å². The van der Waals surface area contributed by atoms with Crippen molar-refractivity contribution in [2.45, 2.75) is 64.5 Å². The van der Waals surface area contributed by atoms with Crippen LogP contribution in [0.2, 0.25) is 5.02 Å². The highest BCUT2D eigenvalue weighted by Gasteiger charge is 2.32. The van der Waals surface area contributed by atoms with Crippen LogP contribution in [-0.4, -0.2) is 15.8 Å². The van der Waals surface area contributed by atoms with Gasteiger partial charge in [-0.1, -0.05) is 31.4 Å². The predicted octanol–water partition coefficient (Wildman–Crippen LogP) is 3.57. The Hall–Kier alpha value is -0.540. The SMILES string of the molecule is CCCC1CCC(N)C(c2c(Cl)cnn2CC)C1. The molecule has 1 aromatic rings. The monoisotopic (exact) mass is 269 g/mol. The average molecular weight is 270 g/mol. The van der Waals surface area contributed by atoms with Crippen LogP contribution < -0.4 is 5.73 Å². The van der Waals surface area contributed by atoms with E-state index in [0.29, 0.717) is 5.92 Å². The zero-order chi connectivity index (χ0) is 13.1. The van der Waals surface area contributed by atoms with E-state index in [1.54, 1.807) is 6.20 Å². The van der Waals surface area contributed by atoms with Crippen molar-refractivity contribution in [1.29, 1.82) is 0 Å². The van der Waals surface area contributed by atoms with Gasteiger partial charge >= 0.3 is 0 Å². The summed E-state index contributed by atoms with van der Waals surface area (Å²) in [5.74, 6) is 1.18. The number of nitrogens with two attached hydrogens (primary N) is 1. The van der Waals surface area contributed by atoms with Crippen LogP contribution >= 0.6 is 11.6 Å². The van der Waals surface area contributed by atoms with Gasteiger partial charge in [0.2, 0.25) is 0 Å². The van der Waals surface area contributed by atoms with Crippen LogP contribution in [0.15, 0.2) is 6.20 Å². The molecular formula is C14H24ClN3. The Morgan fingerprint density at radius 1 is 1.44 bits per heavy atom. The van der Waals surface area contributed by atoms with Crippen LogP contribution in [0.3, 0.4) is 0 Å². The summed E-state index contributed by atoms with van der Waals surface area (Å²) in [6, 6.07) is 0.234. The number of hydrogen-bond donors (Lipinski definition) is 1. The third-order valence-corrected chi connectivity index (χ3v) is 4.48. The van der Waals surface area contributed by atoms with Crippen molar-refractivity contribution in [2.24, 2.45) is 11.7 Å². The fourth-order valence-corrected chi connectivity index (χ4v) is 3.54. The van der Waals surface area contributed by atoms with E-state index in [2.05, 4.69) is 18.9 Å². The van der Waals surface area contributed by atoms with Gasteiger partial charge in [0.1, 0.15) is 0 Å². The maximum Gasteiger partial charge on any atom is 0.0821 e. The molecule has 1 aliphatic rings. The molecule has 3 unspecified atom stereocenters. The van der Waals surface area contributed by atoms with Crippen LogP contribution in [-0.2, 0) is 6.54 Å². The second-order valence-corrected chi connectivity index (χ2v) is 5.84. The largest absolute Gasteiger partial charge is 0.327 e. The molecule has 1 saturated carbocycles. The lowest BCUT2D eigenvalue weighted by Crippen LogP contribution is -2.36. The van der Waals surface area contributed by atoms with Crippen LogP contribution in [0.25, 0.3) is 0 Å². The number of aryl methyl sites for hydroxylation is 1. The summed E-state index contributed by atoms with van der Waals surface area (Å²) in [4.78, 5) is 0. The fourth-order valence-electron chi connectivity index (χ4n) is 3.26. The zero-order valence-electron chi connectivity index (χ0n) is 11.4. The van der Waals surface area contributed by atoms with Gasteiger partial charge in [0.05, 0.1) is 16.9 Å². The molecule has 0 radical (unpaired) electrons. The predicted molar refractivity (Wildman–Crippen MR) is 75.9 cm³/mol. The van der Waals surface area contributed by atoms with Crippen molar-refractivity contribution in [3.63, 3.8) is 0 Å². The second kappa shape index (κ2) is 6.07. The molecule has 4 heteroatoms. The minimum Gasteiger partial charge on any atom is -0.327 e. The van der Waals surface area contributed by atoms with Gasteiger partial charge in [-0.25, -0.2) is 0 Å². The zero-order valence-corrected chi connectivity index (χ0v) is 12.2. The molecule has 0 spiro atoms. The van der Waals surface area contributed by atoms with E-state index in [-0.39, 0.29) is 6.04 Å². The molecule has 2 rings (SSSR count). The first-order valence-corrected chi connectivity index (χ1v) is 7.51. The van der Waals surface area contributed by atoms with E-state index in [0.717, 1.165) is 29.6 Å². The number of hydrogen-bond acceptors (Lipinski definition) is 2. The number of halogens is 1. The maximum absolute atomic E-state index is 6.32. The van der Waals surface area contributed by atoms with Crippen molar-refractivity contribution in [1.82, 2.24) is 9.78 Å². The Balaban J connectivity index is 2.21. The lowest BCUT2D eigenvalue weighted by atomic mass is 9.75. The average Bonchev–Trinajstić information content (AvgIpc) is 2.73. The first-order valence-electron chi connectivity index (χ1n) is 7.14. The highest BCUT2D eigenvalue weighted by atomic mass is 35.5. The van der Waals surface area contributed by atoms with Gasteiger partial charge < -0.3 is 5.73 Å². The highest BCUT2D eigenvalue weighted by Crippen LogP contribution is 2.39. The van der Waals surface area contributed by atoms with E-state index in [1.807, 2.05) is 4.68 Å². The number of nitrogens with zero attached hydrogens (tertiary/aromatic N) is 2. The molecule has 18 heavy (non-hydrogen) atoms. The van der Waals surface area contributed by atoms with Crippen molar-refractivity contribution in [3.8, 4) is 0 Å². The van der Waals surface area contributed by atoms with E-state index in [9.17, 15) is 0 Å². The third kappa shape index (κ3) is 2.72. The first-order chi connectivity index (χ1) is 8.67. The Kier molecular flexibility index (Phi) is 4.68. The Labute approximate surface area is 115 Å². The maximum atomic E-state index is 6.32. The van der Waals surface area contributed by atoms with Gasteiger partial charge in [0, 0.05) is 18.5 Å². The van der Waals surface area contributed by atoms with E-state index in [1.165, 1.54) is 25.7 Å². The molecule has 0 amide bonds.